The highest BCUT2D eigenvalue weighted by molar-refractivity contribution is 7.91. The van der Waals surface area contributed by atoms with Crippen molar-refractivity contribution in [2.24, 2.45) is 5.92 Å². The first-order valence-electron chi connectivity index (χ1n) is 12.9. The van der Waals surface area contributed by atoms with E-state index in [1.807, 2.05) is 12.1 Å². The number of nitrogens with one attached hydrogen (secondary N) is 1. The minimum atomic E-state index is -4.76. The van der Waals surface area contributed by atoms with Gasteiger partial charge < -0.3 is 34.9 Å². The number of benzene rings is 2. The standard InChI is InChI=1S/C28H38F4N2O5S/c1-27(2,3)19-7-17(8-20(11-19)38-5)12-34-22-15-40(36)14-18(26(22)35)6-16-9-21(29)25(33)23(10-16)39-24(13-37-4)28(30,31)32/h7-11,18,22,24,26,34-35H,6,12-15,33H2,1-5H3/t18-,22+,24-,26+,40-/m1/s1. The van der Waals surface area contributed by atoms with E-state index >= 15 is 0 Å². The first kappa shape index (κ1) is 32.3. The van der Waals surface area contributed by atoms with Gasteiger partial charge in [0.05, 0.1) is 25.9 Å². The van der Waals surface area contributed by atoms with Crippen molar-refractivity contribution in [3.8, 4) is 11.5 Å². The average molecular weight is 591 g/mol. The summed E-state index contributed by atoms with van der Waals surface area (Å²) in [7, 11) is 2.68. The summed E-state index contributed by atoms with van der Waals surface area (Å²) in [5.74, 6) is -0.873. The number of anilines is 1. The normalized spacial score (nSPS) is 22.7. The van der Waals surface area contributed by atoms with Gasteiger partial charge in [0.2, 0.25) is 6.10 Å². The second kappa shape index (κ2) is 13.2. The predicted octanol–water partition coefficient (Wildman–Crippen LogP) is 4.11. The van der Waals surface area contributed by atoms with E-state index in [0.717, 1.165) is 24.3 Å². The largest absolute Gasteiger partial charge is 0.616 e. The van der Waals surface area contributed by atoms with E-state index in [0.29, 0.717) is 12.3 Å². The van der Waals surface area contributed by atoms with Gasteiger partial charge in [0.25, 0.3) is 0 Å². The van der Waals surface area contributed by atoms with E-state index in [2.05, 4.69) is 36.9 Å². The Morgan fingerprint density at radius 2 is 1.80 bits per heavy atom. The summed E-state index contributed by atoms with van der Waals surface area (Å²) in [6.45, 7) is 5.87. The lowest BCUT2D eigenvalue weighted by molar-refractivity contribution is -0.206. The van der Waals surface area contributed by atoms with Crippen LogP contribution in [0.5, 0.6) is 11.5 Å². The monoisotopic (exact) mass is 590 g/mol. The van der Waals surface area contributed by atoms with Gasteiger partial charge in [-0.25, -0.2) is 4.39 Å². The van der Waals surface area contributed by atoms with E-state index < -0.39 is 65.4 Å². The van der Waals surface area contributed by atoms with Crippen LogP contribution in [-0.2, 0) is 34.3 Å². The third-order valence-electron chi connectivity index (χ3n) is 6.90. The molecule has 0 bridgehead atoms. The van der Waals surface area contributed by atoms with Gasteiger partial charge in [0, 0.05) is 19.6 Å². The summed E-state index contributed by atoms with van der Waals surface area (Å²) >= 11 is -1.28. The molecule has 2 aromatic carbocycles. The van der Waals surface area contributed by atoms with Crippen LogP contribution >= 0.6 is 0 Å². The van der Waals surface area contributed by atoms with Crippen molar-refractivity contribution in [1.29, 1.82) is 0 Å². The Morgan fingerprint density at radius 1 is 1.10 bits per heavy atom. The van der Waals surface area contributed by atoms with Gasteiger partial charge in [0.15, 0.2) is 0 Å². The molecule has 1 heterocycles. The number of aliphatic hydroxyl groups excluding tert-OH is 1. The Morgan fingerprint density at radius 3 is 2.40 bits per heavy atom. The lowest BCUT2D eigenvalue weighted by Gasteiger charge is -2.36. The fourth-order valence-electron chi connectivity index (χ4n) is 4.62. The molecule has 5 atom stereocenters. The molecule has 1 aliphatic heterocycles. The number of methoxy groups -OCH3 is 2. The van der Waals surface area contributed by atoms with Crippen molar-refractivity contribution in [1.82, 2.24) is 5.32 Å². The maximum Gasteiger partial charge on any atom is 0.427 e. The molecule has 0 aliphatic carbocycles. The van der Waals surface area contributed by atoms with Gasteiger partial charge in [-0.3, -0.25) is 0 Å². The van der Waals surface area contributed by atoms with E-state index in [4.69, 9.17) is 15.2 Å². The molecule has 0 amide bonds. The summed E-state index contributed by atoms with van der Waals surface area (Å²) in [5, 5.41) is 14.4. The van der Waals surface area contributed by atoms with Crippen LogP contribution < -0.4 is 20.5 Å². The number of aliphatic hydroxyl groups is 1. The van der Waals surface area contributed by atoms with Crippen molar-refractivity contribution in [3.05, 3.63) is 52.8 Å². The Bertz CT molecular complexity index is 1140. The molecule has 0 saturated carbocycles. The molecule has 1 aliphatic rings. The Balaban J connectivity index is 1.76. The fraction of sp³-hybridized carbons (Fsp3) is 0.571. The molecule has 7 nitrogen and oxygen atoms in total. The number of hydrogen-bond donors (Lipinski definition) is 3. The fourth-order valence-corrected chi connectivity index (χ4v) is 6.26. The predicted molar refractivity (Wildman–Crippen MR) is 147 cm³/mol. The zero-order chi connectivity index (χ0) is 29.8. The van der Waals surface area contributed by atoms with Crippen molar-refractivity contribution >= 4 is 16.9 Å². The van der Waals surface area contributed by atoms with Crippen LogP contribution in [0.3, 0.4) is 0 Å². The number of nitrogens with two attached hydrogens (primary N) is 1. The van der Waals surface area contributed by atoms with E-state index in [-0.39, 0.29) is 28.9 Å². The highest BCUT2D eigenvalue weighted by Crippen LogP contribution is 2.34. The van der Waals surface area contributed by atoms with Crippen LogP contribution in [0.15, 0.2) is 30.3 Å². The molecule has 1 fully saturated rings. The number of rotatable bonds is 10. The molecule has 4 N–H and O–H groups in total. The molecular weight excluding hydrogens is 552 g/mol. The Kier molecular flexibility index (Phi) is 10.6. The van der Waals surface area contributed by atoms with Crippen LogP contribution in [0.4, 0.5) is 23.2 Å². The average Bonchev–Trinajstić information content (AvgIpc) is 2.86. The number of halogens is 4. The summed E-state index contributed by atoms with van der Waals surface area (Å²) in [5.41, 5.74) is 7.28. The first-order chi connectivity index (χ1) is 18.6. The number of alkyl halides is 3. The summed E-state index contributed by atoms with van der Waals surface area (Å²) in [6, 6.07) is 7.72. The minimum absolute atomic E-state index is 0.0624. The Labute approximate surface area is 235 Å². The van der Waals surface area contributed by atoms with Gasteiger partial charge in [-0.05, 0) is 52.8 Å². The van der Waals surface area contributed by atoms with Gasteiger partial charge in [0.1, 0.15) is 34.5 Å². The van der Waals surface area contributed by atoms with Crippen molar-refractivity contribution in [2.75, 3.05) is 38.1 Å². The number of nitrogen functional groups attached to an aromatic ring is 1. The third-order valence-corrected chi connectivity index (χ3v) is 8.43. The molecule has 40 heavy (non-hydrogen) atoms. The van der Waals surface area contributed by atoms with Gasteiger partial charge in [-0.2, -0.15) is 13.2 Å². The minimum Gasteiger partial charge on any atom is -0.616 e. The summed E-state index contributed by atoms with van der Waals surface area (Å²) in [6.07, 6.45) is -7.98. The first-order valence-corrected chi connectivity index (χ1v) is 14.4. The molecule has 0 spiro atoms. The zero-order valence-corrected chi connectivity index (χ0v) is 24.1. The molecule has 0 aromatic heterocycles. The third kappa shape index (κ3) is 8.39. The van der Waals surface area contributed by atoms with Gasteiger partial charge >= 0.3 is 6.18 Å². The topological polar surface area (TPSA) is 109 Å². The summed E-state index contributed by atoms with van der Waals surface area (Å²) in [4.78, 5) is 0. The molecule has 0 unspecified atom stereocenters. The lowest BCUT2D eigenvalue weighted by Crippen LogP contribution is -2.54. The van der Waals surface area contributed by atoms with Crippen LogP contribution in [0.25, 0.3) is 0 Å². The summed E-state index contributed by atoms with van der Waals surface area (Å²) < 4.78 is 82.4. The molecular formula is C28H38F4N2O5S. The van der Waals surface area contributed by atoms with Gasteiger partial charge in [-0.15, -0.1) is 0 Å². The van der Waals surface area contributed by atoms with Crippen LogP contribution in [0.2, 0.25) is 0 Å². The molecule has 2 aromatic rings. The highest BCUT2D eigenvalue weighted by Gasteiger charge is 2.43. The van der Waals surface area contributed by atoms with Crippen molar-refractivity contribution < 1.29 is 41.4 Å². The van der Waals surface area contributed by atoms with Crippen molar-refractivity contribution in [3.63, 3.8) is 0 Å². The Hall–Kier alpha value is -2.25. The quantitative estimate of drug-likeness (QED) is 0.217. The molecule has 224 valence electrons. The number of ether oxygens (including phenoxy) is 3. The maximum atomic E-state index is 14.6. The van der Waals surface area contributed by atoms with Crippen LogP contribution in [0, 0.1) is 11.7 Å². The van der Waals surface area contributed by atoms with Crippen molar-refractivity contribution in [2.45, 2.75) is 63.6 Å². The maximum absolute atomic E-state index is 14.6. The molecule has 1 saturated heterocycles. The smallest absolute Gasteiger partial charge is 0.427 e. The second-order valence-electron chi connectivity index (χ2n) is 11.1. The zero-order valence-electron chi connectivity index (χ0n) is 23.3. The molecule has 0 radical (unpaired) electrons. The van der Waals surface area contributed by atoms with Crippen LogP contribution in [-0.4, -0.2) is 66.4 Å². The van der Waals surface area contributed by atoms with E-state index in [1.54, 1.807) is 7.11 Å². The van der Waals surface area contributed by atoms with E-state index in [9.17, 15) is 27.2 Å². The van der Waals surface area contributed by atoms with E-state index in [1.165, 1.54) is 6.07 Å². The van der Waals surface area contributed by atoms with Gasteiger partial charge in [-0.1, -0.05) is 38.0 Å². The molecule has 12 heteroatoms. The molecule has 3 rings (SSSR count). The highest BCUT2D eigenvalue weighted by atomic mass is 32.2. The lowest BCUT2D eigenvalue weighted by atomic mass is 9.86. The SMILES string of the molecule is COC[C@@H](Oc1cc(C[C@@H]2C[S@@+]([O-])C[C@H](NCc3cc(OC)cc(C(C)(C)C)c3)[C@H]2O)cc(F)c1N)C(F)(F)F. The second-order valence-corrected chi connectivity index (χ2v) is 12.7. The van der Waals surface area contributed by atoms with Crippen LogP contribution in [0.1, 0.15) is 37.5 Å². The number of hydrogen-bond acceptors (Lipinski definition) is 7.